The fourth-order valence-corrected chi connectivity index (χ4v) is 7.72. The molecule has 0 aromatic rings. The summed E-state index contributed by atoms with van der Waals surface area (Å²) in [5.41, 5.74) is 1.30. The van der Waals surface area contributed by atoms with E-state index in [0.717, 1.165) is 55.3 Å². The van der Waals surface area contributed by atoms with Crippen LogP contribution < -0.4 is 0 Å². The minimum atomic E-state index is 0.206. The van der Waals surface area contributed by atoms with E-state index < -0.39 is 0 Å². The molecule has 0 aliphatic heterocycles. The maximum atomic E-state index is 12.9. The first-order valence-corrected chi connectivity index (χ1v) is 17.7. The van der Waals surface area contributed by atoms with Gasteiger partial charge in [-0.25, -0.2) is 0 Å². The topological polar surface area (TPSA) is 17.1 Å². The van der Waals surface area contributed by atoms with Crippen LogP contribution >= 0.6 is 0 Å². The van der Waals surface area contributed by atoms with Crippen LogP contribution in [-0.2, 0) is 4.79 Å². The van der Waals surface area contributed by atoms with Gasteiger partial charge in [-0.15, -0.1) is 6.58 Å². The standard InChI is InChI=1S/C39H72O/c1-11-37(38-22-19-30(4)20-23-38)16-14-12-13-15-31(5)26-34(8)21-24-39(40)36(10)28-35(9)27-33(7)18-17-32(6)25-29(2)3/h13,15,30-38H,2,11-12,14,16-28H2,1,3-10H3/b15-13-/t30?,31?,32?,33?,34?,35-,36?,37?,38?/m1/s1. The van der Waals surface area contributed by atoms with Crippen molar-refractivity contribution < 1.29 is 4.79 Å². The largest absolute Gasteiger partial charge is 0.299 e. The highest BCUT2D eigenvalue weighted by atomic mass is 16.1. The molecule has 0 aromatic heterocycles. The molecule has 0 bridgehead atoms. The zero-order chi connectivity index (χ0) is 30.1. The minimum Gasteiger partial charge on any atom is -0.299 e. The van der Waals surface area contributed by atoms with Crippen LogP contribution in [0.25, 0.3) is 0 Å². The average Bonchev–Trinajstić information content (AvgIpc) is 2.88. The van der Waals surface area contributed by atoms with Crippen molar-refractivity contribution in [2.75, 3.05) is 0 Å². The molecule has 7 atom stereocenters. The van der Waals surface area contributed by atoms with Gasteiger partial charge < -0.3 is 0 Å². The summed E-state index contributed by atoms with van der Waals surface area (Å²) in [6, 6.07) is 0. The number of unbranched alkanes of at least 4 members (excludes halogenated alkanes) is 1. The van der Waals surface area contributed by atoms with Gasteiger partial charge in [-0.1, -0.05) is 105 Å². The first-order chi connectivity index (χ1) is 18.9. The molecule has 1 heteroatoms. The van der Waals surface area contributed by atoms with E-state index in [1.54, 1.807) is 0 Å². The van der Waals surface area contributed by atoms with Crippen LogP contribution in [-0.4, -0.2) is 5.78 Å². The Morgan fingerprint density at radius 3 is 2.08 bits per heavy atom. The third-order valence-corrected chi connectivity index (χ3v) is 10.3. The summed E-state index contributed by atoms with van der Waals surface area (Å²) in [6.07, 6.45) is 25.2. The molecular formula is C39H72O. The Balaban J connectivity index is 2.22. The van der Waals surface area contributed by atoms with Crippen LogP contribution in [0.5, 0.6) is 0 Å². The van der Waals surface area contributed by atoms with E-state index >= 15 is 0 Å². The molecule has 1 rings (SSSR count). The van der Waals surface area contributed by atoms with E-state index in [2.05, 4.69) is 81.0 Å². The Hall–Kier alpha value is -0.850. The zero-order valence-electron chi connectivity index (χ0n) is 28.8. The lowest BCUT2D eigenvalue weighted by Gasteiger charge is -2.32. The maximum absolute atomic E-state index is 12.9. The van der Waals surface area contributed by atoms with Crippen LogP contribution in [0.3, 0.4) is 0 Å². The lowest BCUT2D eigenvalue weighted by atomic mass is 9.74. The number of allylic oxidation sites excluding steroid dienone is 3. The van der Waals surface area contributed by atoms with E-state index in [9.17, 15) is 4.79 Å². The highest BCUT2D eigenvalue weighted by Gasteiger charge is 2.24. The lowest BCUT2D eigenvalue weighted by Crippen LogP contribution is -2.20. The van der Waals surface area contributed by atoms with Gasteiger partial charge in [0.15, 0.2) is 0 Å². The van der Waals surface area contributed by atoms with Gasteiger partial charge in [-0.2, -0.15) is 0 Å². The van der Waals surface area contributed by atoms with E-state index in [1.165, 1.54) is 82.6 Å². The molecule has 0 amide bonds. The van der Waals surface area contributed by atoms with Gasteiger partial charge >= 0.3 is 0 Å². The van der Waals surface area contributed by atoms with Crippen molar-refractivity contribution in [3.63, 3.8) is 0 Å². The van der Waals surface area contributed by atoms with Gasteiger partial charge in [0, 0.05) is 12.3 Å². The summed E-state index contributed by atoms with van der Waals surface area (Å²) in [6.45, 7) is 25.0. The van der Waals surface area contributed by atoms with Crippen molar-refractivity contribution in [2.24, 2.45) is 53.3 Å². The first kappa shape index (κ1) is 37.2. The minimum absolute atomic E-state index is 0.206. The van der Waals surface area contributed by atoms with Gasteiger partial charge in [-0.3, -0.25) is 4.79 Å². The Morgan fingerprint density at radius 2 is 1.45 bits per heavy atom. The van der Waals surface area contributed by atoms with Crippen LogP contribution in [0, 0.1) is 53.3 Å². The average molecular weight is 557 g/mol. The molecular weight excluding hydrogens is 484 g/mol. The predicted octanol–water partition coefficient (Wildman–Crippen LogP) is 12.6. The third kappa shape index (κ3) is 17.2. The predicted molar refractivity (Wildman–Crippen MR) is 180 cm³/mol. The second kappa shape index (κ2) is 20.9. The summed E-state index contributed by atoms with van der Waals surface area (Å²) in [5, 5.41) is 0. The highest BCUT2D eigenvalue weighted by Crippen LogP contribution is 2.36. The van der Waals surface area contributed by atoms with Crippen molar-refractivity contribution >= 4 is 5.78 Å². The molecule has 0 N–H and O–H groups in total. The Morgan fingerprint density at radius 1 is 0.825 bits per heavy atom. The van der Waals surface area contributed by atoms with E-state index in [0.29, 0.717) is 23.5 Å². The van der Waals surface area contributed by atoms with Gasteiger partial charge in [0.2, 0.25) is 0 Å². The Labute approximate surface area is 252 Å². The molecule has 1 fully saturated rings. The van der Waals surface area contributed by atoms with Crippen molar-refractivity contribution in [3.8, 4) is 0 Å². The molecule has 1 aliphatic rings. The first-order valence-electron chi connectivity index (χ1n) is 17.7. The van der Waals surface area contributed by atoms with E-state index in [1.807, 2.05) is 0 Å². The van der Waals surface area contributed by atoms with Crippen LogP contribution in [0.15, 0.2) is 24.3 Å². The van der Waals surface area contributed by atoms with Crippen LogP contribution in [0.4, 0.5) is 0 Å². The molecule has 40 heavy (non-hydrogen) atoms. The normalized spacial score (nSPS) is 23.3. The van der Waals surface area contributed by atoms with Crippen molar-refractivity contribution in [1.29, 1.82) is 0 Å². The van der Waals surface area contributed by atoms with Gasteiger partial charge in [0.25, 0.3) is 0 Å². The van der Waals surface area contributed by atoms with E-state index in [4.69, 9.17) is 0 Å². The van der Waals surface area contributed by atoms with Crippen molar-refractivity contribution in [1.82, 2.24) is 0 Å². The monoisotopic (exact) mass is 557 g/mol. The Kier molecular flexibility index (Phi) is 19.5. The van der Waals surface area contributed by atoms with E-state index in [-0.39, 0.29) is 5.92 Å². The molecule has 0 heterocycles. The second-order valence-corrected chi connectivity index (χ2v) is 15.3. The molecule has 234 valence electrons. The summed E-state index contributed by atoms with van der Waals surface area (Å²) in [5.74, 6) is 6.95. The second-order valence-electron chi connectivity index (χ2n) is 15.3. The summed E-state index contributed by atoms with van der Waals surface area (Å²) in [4.78, 5) is 12.9. The number of ketones is 1. The molecule has 0 spiro atoms. The fourth-order valence-electron chi connectivity index (χ4n) is 7.72. The van der Waals surface area contributed by atoms with Crippen molar-refractivity contribution in [3.05, 3.63) is 24.3 Å². The Bertz CT molecular complexity index is 696. The molecule has 1 nitrogen and oxygen atoms in total. The number of Topliss-reactive ketones (excluding diaryl/α,β-unsaturated/α-hetero) is 1. The van der Waals surface area contributed by atoms with Gasteiger partial charge in [-0.05, 0) is 118 Å². The molecule has 0 radical (unpaired) electrons. The number of hydrogen-bond donors (Lipinski definition) is 0. The number of hydrogen-bond acceptors (Lipinski definition) is 1. The van der Waals surface area contributed by atoms with Crippen molar-refractivity contribution in [2.45, 2.75) is 165 Å². The summed E-state index contributed by atoms with van der Waals surface area (Å²) >= 11 is 0. The molecule has 6 unspecified atom stereocenters. The molecule has 0 aromatic carbocycles. The summed E-state index contributed by atoms with van der Waals surface area (Å²) in [7, 11) is 0. The quantitative estimate of drug-likeness (QED) is 0.0957. The van der Waals surface area contributed by atoms with Gasteiger partial charge in [0.05, 0.1) is 0 Å². The number of carbonyl (C=O) groups is 1. The maximum Gasteiger partial charge on any atom is 0.135 e. The molecule has 1 aliphatic carbocycles. The third-order valence-electron chi connectivity index (χ3n) is 10.3. The molecule has 1 saturated carbocycles. The SMILES string of the molecule is C=C(C)CC(C)CCC(C)C[C@@H](C)CC(C)C(=O)CCC(C)CC(C)/C=C\CCCC(CC)C1CCC(C)CC1. The number of rotatable bonds is 22. The lowest BCUT2D eigenvalue weighted by molar-refractivity contribution is -0.123. The zero-order valence-corrected chi connectivity index (χ0v) is 28.8. The fraction of sp³-hybridized carbons (Fsp3) is 0.872. The van der Waals surface area contributed by atoms with Gasteiger partial charge in [0.1, 0.15) is 5.78 Å². The smallest absolute Gasteiger partial charge is 0.135 e. The van der Waals surface area contributed by atoms with Crippen LogP contribution in [0.1, 0.15) is 165 Å². The molecule has 0 saturated heterocycles. The highest BCUT2D eigenvalue weighted by molar-refractivity contribution is 5.80. The number of carbonyl (C=O) groups excluding carboxylic acids is 1. The summed E-state index contributed by atoms with van der Waals surface area (Å²) < 4.78 is 0. The van der Waals surface area contributed by atoms with Crippen LogP contribution in [0.2, 0.25) is 0 Å².